The second kappa shape index (κ2) is 8.69. The van der Waals surface area contributed by atoms with Crippen LogP contribution in [-0.4, -0.2) is 43.3 Å². The molecule has 1 unspecified atom stereocenters. The van der Waals surface area contributed by atoms with Gasteiger partial charge in [0.25, 0.3) is 5.91 Å². The normalized spacial score (nSPS) is 17.7. The fourth-order valence-corrected chi connectivity index (χ4v) is 3.85. The van der Waals surface area contributed by atoms with E-state index in [-0.39, 0.29) is 12.5 Å². The summed E-state index contributed by atoms with van der Waals surface area (Å²) in [7, 11) is 1.30. The van der Waals surface area contributed by atoms with Crippen LogP contribution in [-0.2, 0) is 32.1 Å². The minimum atomic E-state index is -0.696. The first kappa shape index (κ1) is 20.1. The molecule has 0 aliphatic carbocycles. The van der Waals surface area contributed by atoms with Crippen LogP contribution in [0.5, 0.6) is 0 Å². The molecule has 7 heteroatoms. The minimum Gasteiger partial charge on any atom is -0.487 e. The Morgan fingerprint density at radius 1 is 1.27 bits per heavy atom. The van der Waals surface area contributed by atoms with Gasteiger partial charge in [-0.25, -0.2) is 0 Å². The number of carbonyl (C=O) groups excluding carboxylic acids is 2. The van der Waals surface area contributed by atoms with E-state index >= 15 is 0 Å². The van der Waals surface area contributed by atoms with Crippen molar-refractivity contribution in [3.8, 4) is 0 Å². The van der Waals surface area contributed by atoms with Crippen molar-refractivity contribution in [1.29, 1.82) is 0 Å². The van der Waals surface area contributed by atoms with E-state index in [0.29, 0.717) is 24.5 Å². The van der Waals surface area contributed by atoms with Gasteiger partial charge in [0.15, 0.2) is 0 Å². The maximum atomic E-state index is 12.5. The highest BCUT2D eigenvalue weighted by Crippen LogP contribution is 2.41. The summed E-state index contributed by atoms with van der Waals surface area (Å²) < 4.78 is 10.6. The smallest absolute Gasteiger partial charge is 0.325 e. The molecule has 3 N–H and O–H groups in total. The molecule has 30 heavy (non-hydrogen) atoms. The number of hydrogen-bond acceptors (Lipinski definition) is 6. The summed E-state index contributed by atoms with van der Waals surface area (Å²) in [4.78, 5) is 24.0. The van der Waals surface area contributed by atoms with Gasteiger partial charge < -0.3 is 25.2 Å². The first-order valence-corrected chi connectivity index (χ1v) is 9.94. The number of hydrogen-bond donors (Lipinski definition) is 3. The van der Waals surface area contributed by atoms with Crippen molar-refractivity contribution < 1.29 is 24.2 Å². The first-order valence-electron chi connectivity index (χ1n) is 9.94. The Balaban J connectivity index is 1.45. The van der Waals surface area contributed by atoms with E-state index in [4.69, 9.17) is 4.74 Å². The SMILES string of the molecule is COC(=O)C(CO)NCCCc1ccc2c(c1)COC2=C1C(=O)Nc2ccccc21. The Morgan fingerprint density at radius 3 is 2.90 bits per heavy atom. The summed E-state index contributed by atoms with van der Waals surface area (Å²) in [6.07, 6.45) is 1.62. The number of carbonyl (C=O) groups is 2. The van der Waals surface area contributed by atoms with Crippen LogP contribution in [0.25, 0.3) is 11.3 Å². The highest BCUT2D eigenvalue weighted by Gasteiger charge is 2.32. The quantitative estimate of drug-likeness (QED) is 0.369. The molecular weight excluding hydrogens is 384 g/mol. The van der Waals surface area contributed by atoms with Gasteiger partial charge in [0.05, 0.1) is 19.3 Å². The van der Waals surface area contributed by atoms with Crippen molar-refractivity contribution in [2.24, 2.45) is 0 Å². The van der Waals surface area contributed by atoms with E-state index in [1.54, 1.807) is 0 Å². The summed E-state index contributed by atoms with van der Waals surface area (Å²) in [5.74, 6) is 0.0213. The lowest BCUT2D eigenvalue weighted by molar-refractivity contribution is -0.144. The molecule has 0 bridgehead atoms. The van der Waals surface area contributed by atoms with Crippen molar-refractivity contribution in [2.45, 2.75) is 25.5 Å². The van der Waals surface area contributed by atoms with Gasteiger partial charge in [0.1, 0.15) is 18.4 Å². The molecule has 2 aromatic rings. The average molecular weight is 408 g/mol. The van der Waals surface area contributed by atoms with Crippen molar-refractivity contribution in [1.82, 2.24) is 5.32 Å². The third-order valence-corrected chi connectivity index (χ3v) is 5.39. The fraction of sp³-hybridized carbons (Fsp3) is 0.304. The number of aryl methyl sites for hydroxylation is 1. The molecule has 2 aromatic carbocycles. The third-order valence-electron chi connectivity index (χ3n) is 5.39. The molecule has 2 aliphatic rings. The van der Waals surface area contributed by atoms with Crippen LogP contribution in [0.2, 0.25) is 0 Å². The number of methoxy groups -OCH3 is 1. The molecule has 1 atom stereocenters. The number of rotatable bonds is 7. The van der Waals surface area contributed by atoms with Gasteiger partial charge in [-0.2, -0.15) is 0 Å². The molecule has 0 aromatic heterocycles. The minimum absolute atomic E-state index is 0.141. The lowest BCUT2D eigenvalue weighted by Crippen LogP contribution is -2.41. The van der Waals surface area contributed by atoms with E-state index in [1.807, 2.05) is 36.4 Å². The highest BCUT2D eigenvalue weighted by molar-refractivity contribution is 6.36. The van der Waals surface area contributed by atoms with Crippen LogP contribution in [0.3, 0.4) is 0 Å². The number of fused-ring (bicyclic) bond motifs is 2. The highest BCUT2D eigenvalue weighted by atomic mass is 16.5. The average Bonchev–Trinajstić information content (AvgIpc) is 3.32. The fourth-order valence-electron chi connectivity index (χ4n) is 3.85. The van der Waals surface area contributed by atoms with E-state index in [2.05, 4.69) is 21.4 Å². The van der Waals surface area contributed by atoms with Gasteiger partial charge in [-0.05, 0) is 31.0 Å². The molecule has 0 saturated heterocycles. The number of aliphatic hydroxyl groups excluding tert-OH is 1. The van der Waals surface area contributed by atoms with E-state index < -0.39 is 12.0 Å². The monoisotopic (exact) mass is 408 g/mol. The number of ether oxygens (including phenoxy) is 2. The Bertz CT molecular complexity index is 1010. The molecule has 0 fully saturated rings. The summed E-state index contributed by atoms with van der Waals surface area (Å²) in [5, 5.41) is 15.1. The molecule has 0 spiro atoms. The number of para-hydroxylation sites is 1. The second-order valence-electron chi connectivity index (χ2n) is 7.30. The number of esters is 1. The van der Waals surface area contributed by atoms with Gasteiger partial charge in [-0.1, -0.05) is 36.4 Å². The molecule has 7 nitrogen and oxygen atoms in total. The zero-order valence-electron chi connectivity index (χ0n) is 16.7. The van der Waals surface area contributed by atoms with Crippen LogP contribution in [0.4, 0.5) is 5.69 Å². The third kappa shape index (κ3) is 3.81. The van der Waals surface area contributed by atoms with Crippen LogP contribution >= 0.6 is 0 Å². The van der Waals surface area contributed by atoms with Gasteiger partial charge in [0.2, 0.25) is 0 Å². The van der Waals surface area contributed by atoms with Gasteiger partial charge >= 0.3 is 5.97 Å². The van der Waals surface area contributed by atoms with E-state index in [0.717, 1.165) is 40.8 Å². The zero-order valence-corrected chi connectivity index (χ0v) is 16.7. The zero-order chi connectivity index (χ0) is 21.1. The van der Waals surface area contributed by atoms with Gasteiger partial charge in [0, 0.05) is 22.4 Å². The Labute approximate surface area is 174 Å². The molecule has 0 saturated carbocycles. The van der Waals surface area contributed by atoms with E-state index in [9.17, 15) is 14.7 Å². The first-order chi connectivity index (χ1) is 14.6. The van der Waals surface area contributed by atoms with Crippen LogP contribution in [0, 0.1) is 0 Å². The van der Waals surface area contributed by atoms with Gasteiger partial charge in [-0.15, -0.1) is 0 Å². The Hall–Kier alpha value is -3.16. The Kier molecular flexibility index (Phi) is 5.83. The second-order valence-corrected chi connectivity index (χ2v) is 7.30. The van der Waals surface area contributed by atoms with Crippen LogP contribution in [0.15, 0.2) is 42.5 Å². The van der Waals surface area contributed by atoms with Crippen molar-refractivity contribution in [3.05, 3.63) is 64.7 Å². The summed E-state index contributed by atoms with van der Waals surface area (Å²) >= 11 is 0. The molecule has 4 rings (SSSR count). The number of benzene rings is 2. The van der Waals surface area contributed by atoms with Gasteiger partial charge in [-0.3, -0.25) is 9.59 Å². The molecular formula is C23H24N2O5. The number of amides is 1. The van der Waals surface area contributed by atoms with Crippen LogP contribution in [0.1, 0.15) is 28.7 Å². The van der Waals surface area contributed by atoms with Crippen molar-refractivity contribution in [3.63, 3.8) is 0 Å². The number of aliphatic hydroxyl groups is 1. The largest absolute Gasteiger partial charge is 0.487 e. The Morgan fingerprint density at radius 2 is 2.10 bits per heavy atom. The molecule has 2 heterocycles. The maximum Gasteiger partial charge on any atom is 0.325 e. The molecule has 2 aliphatic heterocycles. The van der Waals surface area contributed by atoms with Crippen molar-refractivity contribution >= 4 is 28.9 Å². The molecule has 1 amide bonds. The number of nitrogens with one attached hydrogen (secondary N) is 2. The standard InChI is InChI=1S/C23H24N2O5/c1-29-23(28)19(12-26)24-10-4-5-14-8-9-16-15(11-14)13-30-21(16)20-17-6-2-3-7-18(17)25-22(20)27/h2-3,6-9,11,19,24,26H,4-5,10,12-13H2,1H3,(H,25,27). The van der Waals surface area contributed by atoms with Crippen LogP contribution < -0.4 is 10.6 Å². The lowest BCUT2D eigenvalue weighted by atomic mass is 9.98. The maximum absolute atomic E-state index is 12.5. The predicted octanol–water partition coefficient (Wildman–Crippen LogP) is 2.09. The predicted molar refractivity (Wildman–Crippen MR) is 112 cm³/mol. The summed E-state index contributed by atoms with van der Waals surface area (Å²) in [6.45, 7) is 0.724. The lowest BCUT2D eigenvalue weighted by Gasteiger charge is -2.13. The van der Waals surface area contributed by atoms with E-state index in [1.165, 1.54) is 7.11 Å². The molecule has 156 valence electrons. The molecule has 0 radical (unpaired) electrons. The number of anilines is 1. The summed E-state index contributed by atoms with van der Waals surface area (Å²) in [5.41, 5.74) is 5.41. The topological polar surface area (TPSA) is 96.9 Å². The summed E-state index contributed by atoms with van der Waals surface area (Å²) in [6, 6.07) is 13.1. The van der Waals surface area contributed by atoms with Crippen molar-refractivity contribution in [2.75, 3.05) is 25.6 Å².